The molecule has 0 aliphatic heterocycles. The van der Waals surface area contributed by atoms with Crippen LogP contribution in [0.5, 0.6) is 17.2 Å². The zero-order valence-electron chi connectivity index (χ0n) is 16.5. The van der Waals surface area contributed by atoms with E-state index in [-0.39, 0.29) is 12.3 Å². The minimum atomic E-state index is -0.0355. The first-order valence-electron chi connectivity index (χ1n) is 9.25. The number of nitrogens with one attached hydrogen (secondary N) is 1. The fourth-order valence-electron chi connectivity index (χ4n) is 3.30. The van der Waals surface area contributed by atoms with E-state index in [9.17, 15) is 4.79 Å². The number of carbonyl (C=O) groups excluding carboxylic acids is 1. The molecule has 3 rings (SSSR count). The molecule has 0 aliphatic rings. The van der Waals surface area contributed by atoms with E-state index in [0.717, 1.165) is 18.5 Å². The topological polar surface area (TPSA) is 61.7 Å². The molecule has 0 unspecified atom stereocenters. The Kier molecular flexibility index (Phi) is 6.42. The Morgan fingerprint density at radius 3 is 2.39 bits per heavy atom. The summed E-state index contributed by atoms with van der Waals surface area (Å²) in [5, 5.41) is 4.21. The molecule has 1 heterocycles. The van der Waals surface area contributed by atoms with Gasteiger partial charge in [-0.2, -0.15) is 0 Å². The van der Waals surface area contributed by atoms with E-state index in [1.165, 1.54) is 10.9 Å². The number of rotatable bonds is 9. The number of carbonyl (C=O) groups is 1. The lowest BCUT2D eigenvalue weighted by Crippen LogP contribution is -2.26. The summed E-state index contributed by atoms with van der Waals surface area (Å²) in [6.07, 6.45) is 3.20. The minimum Gasteiger partial charge on any atom is -0.493 e. The summed E-state index contributed by atoms with van der Waals surface area (Å²) in [7, 11) is 4.68. The summed E-state index contributed by atoms with van der Waals surface area (Å²) in [4.78, 5) is 12.3. The second kappa shape index (κ2) is 9.17. The number of hydrogen-bond acceptors (Lipinski definition) is 4. The number of amides is 1. The predicted molar refractivity (Wildman–Crippen MR) is 109 cm³/mol. The summed E-state index contributed by atoms with van der Waals surface area (Å²) in [5.74, 6) is 1.58. The van der Waals surface area contributed by atoms with Gasteiger partial charge >= 0.3 is 0 Å². The number of benzene rings is 2. The van der Waals surface area contributed by atoms with E-state index in [0.29, 0.717) is 23.8 Å². The van der Waals surface area contributed by atoms with E-state index in [2.05, 4.69) is 34.3 Å². The van der Waals surface area contributed by atoms with Gasteiger partial charge in [-0.05, 0) is 41.6 Å². The van der Waals surface area contributed by atoms with Crippen molar-refractivity contribution in [3.05, 3.63) is 54.2 Å². The van der Waals surface area contributed by atoms with Crippen molar-refractivity contribution in [2.45, 2.75) is 19.4 Å². The average molecular weight is 382 g/mol. The van der Waals surface area contributed by atoms with Gasteiger partial charge in [0.1, 0.15) is 0 Å². The maximum atomic E-state index is 12.3. The fourth-order valence-corrected chi connectivity index (χ4v) is 3.30. The summed E-state index contributed by atoms with van der Waals surface area (Å²) in [6, 6.07) is 14.0. The first kappa shape index (κ1) is 19.6. The van der Waals surface area contributed by atoms with Crippen LogP contribution in [0.25, 0.3) is 10.9 Å². The molecule has 0 aliphatic carbocycles. The van der Waals surface area contributed by atoms with E-state index in [1.807, 2.05) is 12.1 Å². The molecule has 6 nitrogen and oxygen atoms in total. The van der Waals surface area contributed by atoms with Crippen molar-refractivity contribution in [1.29, 1.82) is 0 Å². The monoisotopic (exact) mass is 382 g/mol. The number of ether oxygens (including phenoxy) is 3. The smallest absolute Gasteiger partial charge is 0.224 e. The molecule has 148 valence electrons. The molecule has 0 atom stereocenters. The Labute approximate surface area is 165 Å². The van der Waals surface area contributed by atoms with Crippen molar-refractivity contribution in [3.8, 4) is 17.2 Å². The van der Waals surface area contributed by atoms with Crippen LogP contribution in [0.2, 0.25) is 0 Å². The molecule has 1 aromatic heterocycles. The molecule has 0 saturated carbocycles. The summed E-state index contributed by atoms with van der Waals surface area (Å²) < 4.78 is 18.2. The number of aryl methyl sites for hydroxylation is 1. The van der Waals surface area contributed by atoms with Gasteiger partial charge in [0, 0.05) is 24.8 Å². The number of fused-ring (bicyclic) bond motifs is 1. The second-order valence-corrected chi connectivity index (χ2v) is 6.48. The highest BCUT2D eigenvalue weighted by molar-refractivity contribution is 5.80. The molecular formula is C22H26N2O4. The zero-order chi connectivity index (χ0) is 19.9. The van der Waals surface area contributed by atoms with Gasteiger partial charge in [-0.25, -0.2) is 0 Å². The Hall–Kier alpha value is -3.15. The lowest BCUT2D eigenvalue weighted by molar-refractivity contribution is -0.120. The van der Waals surface area contributed by atoms with Gasteiger partial charge in [0.2, 0.25) is 11.7 Å². The van der Waals surface area contributed by atoms with E-state index in [1.54, 1.807) is 33.5 Å². The van der Waals surface area contributed by atoms with Gasteiger partial charge in [-0.3, -0.25) is 4.79 Å². The quantitative estimate of drug-likeness (QED) is 0.576. The molecule has 6 heteroatoms. The molecule has 3 aromatic rings. The molecule has 0 radical (unpaired) electrons. The van der Waals surface area contributed by atoms with E-state index in [4.69, 9.17) is 14.2 Å². The molecule has 0 spiro atoms. The van der Waals surface area contributed by atoms with Gasteiger partial charge in [-0.15, -0.1) is 0 Å². The summed E-state index contributed by atoms with van der Waals surface area (Å²) in [6.45, 7) is 1.48. The van der Waals surface area contributed by atoms with Crippen LogP contribution in [-0.4, -0.2) is 38.3 Å². The standard InChI is InChI=1S/C22H26N2O4/c1-26-19-13-16(14-20(27-2)22(19)28-3)15-21(25)23-10-6-11-24-12-9-17-7-4-5-8-18(17)24/h4-5,7-9,12-14H,6,10-11,15H2,1-3H3,(H,23,25). The van der Waals surface area contributed by atoms with Crippen LogP contribution in [0.3, 0.4) is 0 Å². The maximum Gasteiger partial charge on any atom is 0.224 e. The van der Waals surface area contributed by atoms with Gasteiger partial charge in [0.05, 0.1) is 27.8 Å². The van der Waals surface area contributed by atoms with Crippen LogP contribution in [0.1, 0.15) is 12.0 Å². The van der Waals surface area contributed by atoms with Crippen LogP contribution in [0.4, 0.5) is 0 Å². The lowest BCUT2D eigenvalue weighted by atomic mass is 10.1. The van der Waals surface area contributed by atoms with Crippen molar-refractivity contribution in [3.63, 3.8) is 0 Å². The number of nitrogens with zero attached hydrogens (tertiary/aromatic N) is 1. The van der Waals surface area contributed by atoms with E-state index < -0.39 is 0 Å². The van der Waals surface area contributed by atoms with Crippen LogP contribution in [-0.2, 0) is 17.8 Å². The van der Waals surface area contributed by atoms with E-state index >= 15 is 0 Å². The molecule has 0 saturated heterocycles. The molecule has 0 fully saturated rings. The number of hydrogen-bond donors (Lipinski definition) is 1. The number of methoxy groups -OCH3 is 3. The third kappa shape index (κ3) is 4.39. The van der Waals surface area contributed by atoms with Crippen LogP contribution in [0, 0.1) is 0 Å². The first-order chi connectivity index (χ1) is 13.7. The Morgan fingerprint density at radius 2 is 1.71 bits per heavy atom. The molecular weight excluding hydrogens is 356 g/mol. The Morgan fingerprint density at radius 1 is 1.00 bits per heavy atom. The second-order valence-electron chi connectivity index (χ2n) is 6.48. The normalized spacial score (nSPS) is 10.7. The third-order valence-electron chi connectivity index (χ3n) is 4.67. The predicted octanol–water partition coefficient (Wildman–Crippen LogP) is 3.42. The highest BCUT2D eigenvalue weighted by Crippen LogP contribution is 2.38. The van der Waals surface area contributed by atoms with Crippen molar-refractivity contribution in [2.24, 2.45) is 0 Å². The highest BCUT2D eigenvalue weighted by Gasteiger charge is 2.14. The van der Waals surface area contributed by atoms with Gasteiger partial charge in [0.15, 0.2) is 11.5 Å². The van der Waals surface area contributed by atoms with Crippen molar-refractivity contribution < 1.29 is 19.0 Å². The number of aromatic nitrogens is 1. The third-order valence-corrected chi connectivity index (χ3v) is 4.67. The molecule has 0 bridgehead atoms. The highest BCUT2D eigenvalue weighted by atomic mass is 16.5. The molecule has 28 heavy (non-hydrogen) atoms. The maximum absolute atomic E-state index is 12.3. The Balaban J connectivity index is 1.53. The van der Waals surface area contributed by atoms with Gasteiger partial charge in [0.25, 0.3) is 0 Å². The number of para-hydroxylation sites is 1. The Bertz CT molecular complexity index is 924. The SMILES string of the molecule is COc1cc(CC(=O)NCCCn2ccc3ccccc32)cc(OC)c1OC. The first-order valence-corrected chi connectivity index (χ1v) is 9.25. The molecule has 1 N–H and O–H groups in total. The van der Waals surface area contributed by atoms with Crippen LogP contribution in [0.15, 0.2) is 48.7 Å². The minimum absolute atomic E-state index is 0.0355. The van der Waals surface area contributed by atoms with Gasteiger partial charge < -0.3 is 24.1 Å². The van der Waals surface area contributed by atoms with Crippen molar-refractivity contribution in [1.82, 2.24) is 9.88 Å². The molecule has 2 aromatic carbocycles. The van der Waals surface area contributed by atoms with Crippen LogP contribution >= 0.6 is 0 Å². The van der Waals surface area contributed by atoms with Gasteiger partial charge in [-0.1, -0.05) is 18.2 Å². The van der Waals surface area contributed by atoms with Crippen molar-refractivity contribution in [2.75, 3.05) is 27.9 Å². The summed E-state index contributed by atoms with van der Waals surface area (Å²) >= 11 is 0. The molecule has 1 amide bonds. The zero-order valence-corrected chi connectivity index (χ0v) is 16.5. The average Bonchev–Trinajstić information content (AvgIpc) is 3.13. The van der Waals surface area contributed by atoms with Crippen LogP contribution < -0.4 is 19.5 Å². The van der Waals surface area contributed by atoms with Crippen molar-refractivity contribution >= 4 is 16.8 Å². The fraction of sp³-hybridized carbons (Fsp3) is 0.318. The summed E-state index contributed by atoms with van der Waals surface area (Å²) in [5.41, 5.74) is 2.02. The lowest BCUT2D eigenvalue weighted by Gasteiger charge is -2.14. The largest absolute Gasteiger partial charge is 0.493 e.